The summed E-state index contributed by atoms with van der Waals surface area (Å²) < 4.78 is 0. The number of carbonyl (C=O) groups is 1. The molecule has 1 fully saturated rings. The molecule has 19 heavy (non-hydrogen) atoms. The number of benzene rings is 1. The third-order valence-electron chi connectivity index (χ3n) is 3.61. The summed E-state index contributed by atoms with van der Waals surface area (Å²) in [6, 6.07) is 5.69. The monoisotopic (exact) mass is 282 g/mol. The van der Waals surface area contributed by atoms with Crippen LogP contribution in [0.15, 0.2) is 18.2 Å². The van der Waals surface area contributed by atoms with E-state index in [1.54, 1.807) is 12.1 Å². The van der Waals surface area contributed by atoms with E-state index in [0.29, 0.717) is 11.1 Å². The Balaban J connectivity index is 2.33. The van der Waals surface area contributed by atoms with Crippen LogP contribution < -0.4 is 10.6 Å². The van der Waals surface area contributed by atoms with E-state index < -0.39 is 0 Å². The Labute approximate surface area is 118 Å². The molecule has 0 aromatic heterocycles. The molecule has 1 aromatic rings. The van der Waals surface area contributed by atoms with Gasteiger partial charge in [-0.25, -0.2) is 0 Å². The molecule has 0 aliphatic heterocycles. The fourth-order valence-electron chi connectivity index (χ4n) is 2.76. The van der Waals surface area contributed by atoms with E-state index in [1.165, 1.54) is 12.8 Å². The van der Waals surface area contributed by atoms with Crippen LogP contribution in [0.5, 0.6) is 0 Å². The van der Waals surface area contributed by atoms with Crippen molar-refractivity contribution in [3.8, 4) is 0 Å². The Hall–Kier alpha value is -1.26. The van der Waals surface area contributed by atoms with Crippen LogP contribution in [0.4, 0.5) is 5.69 Å². The summed E-state index contributed by atoms with van der Waals surface area (Å²) in [5.74, 6) is -0.356. The lowest BCUT2D eigenvalue weighted by Crippen LogP contribution is -2.40. The smallest absolute Gasteiger partial charge is 0.236 e. The lowest BCUT2D eigenvalue weighted by atomic mass is 10.1. The normalized spacial score (nSPS) is 15.7. The maximum Gasteiger partial charge on any atom is 0.236 e. The molecule has 0 spiro atoms. The molecule has 0 unspecified atom stereocenters. The Bertz CT molecular complexity index is 459. The number of rotatable bonds is 5. The topological polar surface area (TPSA) is 66.6 Å². The van der Waals surface area contributed by atoms with Crippen LogP contribution in [-0.4, -0.2) is 23.6 Å². The highest BCUT2D eigenvalue weighted by atomic mass is 35.5. The van der Waals surface area contributed by atoms with Gasteiger partial charge < -0.3 is 15.7 Å². The summed E-state index contributed by atoms with van der Waals surface area (Å²) in [6.07, 6.45) is 4.45. The molecule has 2 rings (SSSR count). The molecular weight excluding hydrogens is 264 g/mol. The van der Waals surface area contributed by atoms with Gasteiger partial charge in [-0.15, -0.1) is 0 Å². The number of primary amides is 1. The maximum atomic E-state index is 11.3. The third-order valence-corrected chi connectivity index (χ3v) is 3.85. The van der Waals surface area contributed by atoms with Crippen LogP contribution in [0, 0.1) is 0 Å². The molecule has 0 bridgehead atoms. The maximum absolute atomic E-state index is 11.3. The van der Waals surface area contributed by atoms with Crippen LogP contribution in [0.25, 0.3) is 0 Å². The Morgan fingerprint density at radius 3 is 2.68 bits per heavy atom. The van der Waals surface area contributed by atoms with E-state index in [4.69, 9.17) is 17.3 Å². The van der Waals surface area contributed by atoms with Crippen molar-refractivity contribution in [2.45, 2.75) is 38.3 Å². The van der Waals surface area contributed by atoms with Crippen molar-refractivity contribution >= 4 is 23.2 Å². The first-order valence-corrected chi connectivity index (χ1v) is 6.94. The minimum atomic E-state index is -0.356. The molecule has 0 saturated heterocycles. The lowest BCUT2D eigenvalue weighted by molar-refractivity contribution is -0.116. The lowest BCUT2D eigenvalue weighted by Gasteiger charge is -2.31. The number of amides is 1. The summed E-state index contributed by atoms with van der Waals surface area (Å²) in [6.45, 7) is 0.0805. The predicted molar refractivity (Wildman–Crippen MR) is 76.2 cm³/mol. The Morgan fingerprint density at radius 1 is 1.42 bits per heavy atom. The molecule has 1 aromatic carbocycles. The second-order valence-electron chi connectivity index (χ2n) is 4.96. The molecule has 4 nitrogen and oxygen atoms in total. The highest BCUT2D eigenvalue weighted by Crippen LogP contribution is 2.31. The second-order valence-corrected chi connectivity index (χ2v) is 5.40. The van der Waals surface area contributed by atoms with Crippen LogP contribution in [0.1, 0.15) is 31.2 Å². The number of anilines is 1. The number of aliphatic hydroxyl groups excluding tert-OH is 1. The third kappa shape index (κ3) is 3.39. The van der Waals surface area contributed by atoms with E-state index in [2.05, 4.69) is 0 Å². The van der Waals surface area contributed by atoms with Crippen molar-refractivity contribution in [1.29, 1.82) is 0 Å². The Morgan fingerprint density at radius 2 is 2.11 bits per heavy atom. The molecule has 0 radical (unpaired) electrons. The molecule has 1 aliphatic rings. The van der Waals surface area contributed by atoms with Crippen molar-refractivity contribution in [3.63, 3.8) is 0 Å². The van der Waals surface area contributed by atoms with Crippen molar-refractivity contribution in [1.82, 2.24) is 0 Å². The number of nitrogens with two attached hydrogens (primary N) is 1. The molecule has 1 aliphatic carbocycles. The molecule has 0 heterocycles. The van der Waals surface area contributed by atoms with Crippen LogP contribution in [0.3, 0.4) is 0 Å². The fourth-order valence-corrected chi connectivity index (χ4v) is 2.95. The minimum Gasteiger partial charge on any atom is -0.392 e. The van der Waals surface area contributed by atoms with Gasteiger partial charge in [-0.2, -0.15) is 0 Å². The number of hydrogen-bond acceptors (Lipinski definition) is 3. The summed E-state index contributed by atoms with van der Waals surface area (Å²) in [5.41, 5.74) is 6.95. The number of nitrogens with zero attached hydrogens (tertiary/aromatic N) is 1. The van der Waals surface area contributed by atoms with Gasteiger partial charge in [0, 0.05) is 22.3 Å². The summed E-state index contributed by atoms with van der Waals surface area (Å²) in [4.78, 5) is 13.3. The highest BCUT2D eigenvalue weighted by molar-refractivity contribution is 6.30. The molecule has 104 valence electrons. The average Bonchev–Trinajstić information content (AvgIpc) is 2.89. The number of halogens is 1. The van der Waals surface area contributed by atoms with Crippen LogP contribution in [-0.2, 0) is 11.4 Å². The summed E-state index contributed by atoms with van der Waals surface area (Å²) in [5, 5.41) is 10.0. The van der Waals surface area contributed by atoms with Crippen molar-refractivity contribution < 1.29 is 9.90 Å². The summed E-state index contributed by atoms with van der Waals surface area (Å²) >= 11 is 5.94. The molecule has 3 N–H and O–H groups in total. The zero-order valence-electron chi connectivity index (χ0n) is 10.8. The van der Waals surface area contributed by atoms with Gasteiger partial charge in [-0.3, -0.25) is 4.79 Å². The minimum absolute atomic E-state index is 0.0993. The van der Waals surface area contributed by atoms with E-state index in [9.17, 15) is 9.90 Å². The molecule has 5 heteroatoms. The fraction of sp³-hybridized carbons (Fsp3) is 0.500. The standard InChI is InChI=1S/C14H19ClN2O2/c15-11-5-6-13(10(7-11)9-18)17(8-14(16)19)12-3-1-2-4-12/h5-7,12,18H,1-4,8-9H2,(H2,16,19). The van der Waals surface area contributed by atoms with Gasteiger partial charge in [0.2, 0.25) is 5.91 Å². The van der Waals surface area contributed by atoms with Gasteiger partial charge in [0.1, 0.15) is 0 Å². The quantitative estimate of drug-likeness (QED) is 0.869. The van der Waals surface area contributed by atoms with Gasteiger partial charge >= 0.3 is 0 Å². The van der Waals surface area contributed by atoms with Crippen molar-refractivity contribution in [3.05, 3.63) is 28.8 Å². The van der Waals surface area contributed by atoms with E-state index in [1.807, 2.05) is 11.0 Å². The Kier molecular flexibility index (Phi) is 4.66. The van der Waals surface area contributed by atoms with Gasteiger partial charge in [0.05, 0.1) is 13.2 Å². The number of hydrogen-bond donors (Lipinski definition) is 2. The first-order valence-electron chi connectivity index (χ1n) is 6.56. The highest BCUT2D eigenvalue weighted by Gasteiger charge is 2.25. The van der Waals surface area contributed by atoms with Gasteiger partial charge in [-0.1, -0.05) is 24.4 Å². The van der Waals surface area contributed by atoms with Crippen molar-refractivity contribution in [2.75, 3.05) is 11.4 Å². The van der Waals surface area contributed by atoms with Gasteiger partial charge in [-0.05, 0) is 31.0 Å². The van der Waals surface area contributed by atoms with E-state index in [-0.39, 0.29) is 19.1 Å². The number of aliphatic hydroxyl groups is 1. The van der Waals surface area contributed by atoms with Gasteiger partial charge in [0.15, 0.2) is 0 Å². The zero-order valence-corrected chi connectivity index (χ0v) is 11.6. The number of carbonyl (C=O) groups excluding carboxylic acids is 1. The molecule has 1 saturated carbocycles. The molecule has 1 amide bonds. The van der Waals surface area contributed by atoms with E-state index >= 15 is 0 Å². The molecule has 0 atom stereocenters. The van der Waals surface area contributed by atoms with Crippen molar-refractivity contribution in [2.24, 2.45) is 5.73 Å². The molecular formula is C14H19ClN2O2. The summed E-state index contributed by atoms with van der Waals surface area (Å²) in [7, 11) is 0. The zero-order chi connectivity index (χ0) is 13.8. The van der Waals surface area contributed by atoms with Gasteiger partial charge in [0.25, 0.3) is 0 Å². The first kappa shape index (κ1) is 14.2. The first-order chi connectivity index (χ1) is 9.11. The van der Waals surface area contributed by atoms with E-state index in [0.717, 1.165) is 24.1 Å². The van der Waals surface area contributed by atoms with Crippen LogP contribution in [0.2, 0.25) is 5.02 Å². The second kappa shape index (κ2) is 6.26. The largest absolute Gasteiger partial charge is 0.392 e. The van der Waals surface area contributed by atoms with Crippen LogP contribution >= 0.6 is 11.6 Å². The average molecular weight is 283 g/mol. The predicted octanol–water partition coefficient (Wildman–Crippen LogP) is 2.07. The SMILES string of the molecule is NC(=O)CN(c1ccc(Cl)cc1CO)C1CCCC1.